The van der Waals surface area contributed by atoms with E-state index in [9.17, 15) is 5.26 Å². The third kappa shape index (κ3) is 12.5. The van der Waals surface area contributed by atoms with Crippen LogP contribution in [0.15, 0.2) is 352 Å². The molecule has 112 heavy (non-hydrogen) atoms. The molecule has 0 saturated carbocycles. The first-order valence-corrected chi connectivity index (χ1v) is 36.5. The Morgan fingerprint density at radius 1 is 0.232 bits per heavy atom. The first-order chi connectivity index (χ1) is 55.2. The zero-order chi connectivity index (χ0) is 75.2. The molecule has 0 radical (unpaired) electrons. The normalized spacial score (nSPS) is 11.2. The van der Waals surface area contributed by atoms with E-state index in [4.69, 9.17) is 49.6 Å². The Kier molecular flexibility index (Phi) is 16.8. The van der Waals surface area contributed by atoms with E-state index in [0.29, 0.717) is 57.6 Å². The maximum absolute atomic E-state index is 9.80. The maximum Gasteiger partial charge on any atom is 0.187 e. The molecule has 19 aromatic rings. The van der Waals surface area contributed by atoms with Gasteiger partial charge in [-0.25, -0.2) is 44.4 Å². The van der Waals surface area contributed by atoms with Crippen LogP contribution in [-0.2, 0) is 0 Å². The second-order valence-electron chi connectivity index (χ2n) is 27.4. The van der Waals surface area contributed by atoms with E-state index in [1.807, 2.05) is 218 Å². The average molecular weight is 1430 g/mol. The molecular weight excluding hydrogens is 1370 g/mol. The van der Waals surface area contributed by atoms with E-state index in [1.165, 1.54) is 0 Å². The molecule has 12 heteroatoms. The molecule has 4 heterocycles. The summed E-state index contributed by atoms with van der Waals surface area (Å²) in [5.41, 5.74) is 24.4. The van der Waals surface area contributed by atoms with E-state index < -0.39 is 0 Å². The summed E-state index contributed by atoms with van der Waals surface area (Å²) >= 11 is 0. The van der Waals surface area contributed by atoms with Gasteiger partial charge in [-0.1, -0.05) is 255 Å². The Morgan fingerprint density at radius 2 is 0.518 bits per heavy atom. The summed E-state index contributed by atoms with van der Waals surface area (Å²) in [4.78, 5) is 43.1. The molecule has 0 atom stereocenters. The summed E-state index contributed by atoms with van der Waals surface area (Å²) in [6.45, 7) is 23.1. The number of hydrogen-bond donors (Lipinski definition) is 0. The molecular formula is C100H58N12. The molecule has 12 nitrogen and oxygen atoms in total. The summed E-state index contributed by atoms with van der Waals surface area (Å²) in [5, 5.41) is 13.9. The molecule has 0 aliphatic heterocycles. The van der Waals surface area contributed by atoms with Gasteiger partial charge in [0.25, 0.3) is 0 Å². The number of fused-ring (bicyclic) bond motifs is 6. The van der Waals surface area contributed by atoms with Crippen LogP contribution in [0.4, 0.5) is 17.1 Å². The lowest BCUT2D eigenvalue weighted by atomic mass is 9.95. The van der Waals surface area contributed by atoms with Gasteiger partial charge in [-0.15, -0.1) is 0 Å². The van der Waals surface area contributed by atoms with Crippen LogP contribution in [-0.4, -0.2) is 39.0 Å². The van der Waals surface area contributed by atoms with Gasteiger partial charge in [0, 0.05) is 60.6 Å². The summed E-state index contributed by atoms with van der Waals surface area (Å²) in [7, 11) is 0. The van der Waals surface area contributed by atoms with Gasteiger partial charge in [0.1, 0.15) is 0 Å². The Bertz CT molecular complexity index is 6760. The van der Waals surface area contributed by atoms with Gasteiger partial charge in [0.05, 0.1) is 59.1 Å². The van der Waals surface area contributed by atoms with Crippen molar-refractivity contribution in [2.45, 2.75) is 0 Å². The van der Waals surface area contributed by atoms with E-state index in [-0.39, 0.29) is 0 Å². The Morgan fingerprint density at radius 3 is 0.893 bits per heavy atom. The predicted octanol–water partition coefficient (Wildman–Crippen LogP) is 25.8. The topological polar surface area (TPSA) is 124 Å². The fraction of sp³-hybridized carbons (Fsp3) is 0. The van der Waals surface area contributed by atoms with Crippen LogP contribution < -0.4 is 0 Å². The van der Waals surface area contributed by atoms with E-state index in [1.54, 1.807) is 0 Å². The highest BCUT2D eigenvalue weighted by Gasteiger charge is 2.25. The third-order valence-corrected chi connectivity index (χ3v) is 20.7. The van der Waals surface area contributed by atoms with Crippen LogP contribution in [0, 0.1) is 31.0 Å². The number of rotatable bonds is 14. The average Bonchev–Trinajstić information content (AvgIpc) is 1.57. The number of nitrogens with zero attached hydrogens (tertiary/aromatic N) is 12. The van der Waals surface area contributed by atoms with Crippen molar-refractivity contribution in [1.82, 2.24) is 39.0 Å². The first-order valence-electron chi connectivity index (χ1n) is 36.5. The minimum atomic E-state index is 0.475. The van der Waals surface area contributed by atoms with Gasteiger partial charge < -0.3 is 9.13 Å². The van der Waals surface area contributed by atoms with Crippen molar-refractivity contribution in [1.29, 1.82) is 5.26 Å². The van der Waals surface area contributed by atoms with Crippen molar-refractivity contribution in [3.05, 3.63) is 392 Å². The minimum Gasteiger partial charge on any atom is -0.309 e. The van der Waals surface area contributed by atoms with Crippen LogP contribution in [0.1, 0.15) is 5.56 Å². The van der Waals surface area contributed by atoms with Gasteiger partial charge in [-0.05, 0) is 164 Å². The van der Waals surface area contributed by atoms with Gasteiger partial charge in [-0.2, -0.15) is 5.26 Å². The smallest absolute Gasteiger partial charge is 0.187 e. The fourth-order valence-corrected chi connectivity index (χ4v) is 15.1. The zero-order valence-corrected chi connectivity index (χ0v) is 59.9. The van der Waals surface area contributed by atoms with Crippen LogP contribution in [0.2, 0.25) is 0 Å². The van der Waals surface area contributed by atoms with Crippen molar-refractivity contribution in [3.8, 4) is 153 Å². The quantitative estimate of drug-likeness (QED) is 0.0993. The standard InChI is InChI=1S/C100H58N12/c1-102-81-42-31-65(32-43-81)75-38-49-91-86(58-75)85-57-74(64-29-27-63(62-101)28-30-64)37-48-90(85)111(91)84-55-79(54-80(56-84)99-107-95(68-17-8-4-9-18-68)105-96(108-99)69-19-10-5-11-20-69)73-26-16-25-72(53-73)78-41-52-94(89(61-78)100-109-97(70-21-12-6-13-22-70)106-98(110-100)71-23-14-7-15-24-71)112-92-50-39-76(66-33-44-82(103-2)45-34-66)59-87(92)88-60-77(40-51-93(88)112)67-35-46-83(104-3)47-36-67/h4-61H. The molecule has 19 rings (SSSR count). The first kappa shape index (κ1) is 66.6. The summed E-state index contributed by atoms with van der Waals surface area (Å²) in [5.74, 6) is 3.09. The molecule has 518 valence electrons. The Labute approximate surface area is 645 Å². The van der Waals surface area contributed by atoms with Crippen LogP contribution >= 0.6 is 0 Å². The monoisotopic (exact) mass is 1430 g/mol. The molecule has 0 amide bonds. The second kappa shape index (κ2) is 28.3. The summed E-state index contributed by atoms with van der Waals surface area (Å²) in [6.07, 6.45) is 0. The Balaban J connectivity index is 0.836. The molecule has 0 N–H and O–H groups in total. The van der Waals surface area contributed by atoms with Gasteiger partial charge in [-0.3, -0.25) is 0 Å². The van der Waals surface area contributed by atoms with Crippen molar-refractivity contribution in [2.75, 3.05) is 0 Å². The molecule has 0 saturated heterocycles. The number of aromatic nitrogens is 8. The molecule has 0 unspecified atom stereocenters. The zero-order valence-electron chi connectivity index (χ0n) is 59.9. The van der Waals surface area contributed by atoms with Crippen molar-refractivity contribution in [2.24, 2.45) is 0 Å². The van der Waals surface area contributed by atoms with Crippen LogP contribution in [0.25, 0.3) is 205 Å². The molecule has 0 bridgehead atoms. The molecule has 4 aromatic heterocycles. The molecule has 15 aromatic carbocycles. The lowest BCUT2D eigenvalue weighted by molar-refractivity contribution is 1.06. The highest BCUT2D eigenvalue weighted by molar-refractivity contribution is 6.14. The number of nitriles is 1. The van der Waals surface area contributed by atoms with E-state index in [0.717, 1.165) is 155 Å². The van der Waals surface area contributed by atoms with Crippen molar-refractivity contribution >= 4 is 60.7 Å². The second-order valence-corrected chi connectivity index (χ2v) is 27.4. The van der Waals surface area contributed by atoms with Gasteiger partial charge >= 0.3 is 0 Å². The highest BCUT2D eigenvalue weighted by Crippen LogP contribution is 2.45. The van der Waals surface area contributed by atoms with E-state index in [2.05, 4.69) is 163 Å². The Hall–Kier alpha value is -16.1. The molecule has 0 aliphatic carbocycles. The van der Waals surface area contributed by atoms with Crippen molar-refractivity contribution < 1.29 is 0 Å². The maximum atomic E-state index is 9.80. The van der Waals surface area contributed by atoms with Gasteiger partial charge in [0.2, 0.25) is 0 Å². The van der Waals surface area contributed by atoms with E-state index >= 15 is 0 Å². The highest BCUT2D eigenvalue weighted by atomic mass is 15.1. The number of hydrogen-bond acceptors (Lipinski definition) is 7. The molecule has 0 fully saturated rings. The van der Waals surface area contributed by atoms with Crippen molar-refractivity contribution in [3.63, 3.8) is 0 Å². The molecule has 0 aliphatic rings. The summed E-state index contributed by atoms with van der Waals surface area (Å²) in [6, 6.07) is 122. The lowest BCUT2D eigenvalue weighted by Gasteiger charge is -2.17. The largest absolute Gasteiger partial charge is 0.309 e. The summed E-state index contributed by atoms with van der Waals surface area (Å²) < 4.78 is 4.66. The van der Waals surface area contributed by atoms with Crippen LogP contribution in [0.3, 0.4) is 0 Å². The third-order valence-electron chi connectivity index (χ3n) is 20.7. The molecule has 0 spiro atoms. The lowest BCUT2D eigenvalue weighted by Crippen LogP contribution is -2.04. The SMILES string of the molecule is [C-]#[N+]c1ccc(-c2ccc3c(c2)c2cc(-c4ccc(C#N)cc4)ccc2n3-c2cc(-c3cccc(-c4ccc(-n5c6ccc(-c7ccc([N+]#[C-])cc7)cc6c6cc(-c7ccc([N+]#[C-])cc7)ccc65)c(-c5nc(-c6ccccc6)nc(-c6ccccc6)n5)c4)c3)cc(-c3nc(-c4ccccc4)nc(-c4ccccc4)n3)c2)cc1. The predicted molar refractivity (Wildman–Crippen MR) is 451 cm³/mol. The minimum absolute atomic E-state index is 0.475. The van der Waals surface area contributed by atoms with Crippen LogP contribution in [0.5, 0.6) is 0 Å². The fourth-order valence-electron chi connectivity index (χ4n) is 15.1. The number of benzene rings is 15. The van der Waals surface area contributed by atoms with Gasteiger partial charge in [0.15, 0.2) is 52.0 Å².